The number of Topliss-reactive ketones (excluding diaryl/α,β-unsaturated/α-hetero) is 1. The number of ketones is 1. The number of anilines is 1. The van der Waals surface area contributed by atoms with Crippen LogP contribution < -0.4 is 14.4 Å². The third-order valence-corrected chi connectivity index (χ3v) is 7.31. The monoisotopic (exact) mass is 543 g/mol. The van der Waals surface area contributed by atoms with Gasteiger partial charge in [0.1, 0.15) is 23.1 Å². The second-order valence-electron chi connectivity index (χ2n) is 8.94. The molecule has 1 amide bonds. The van der Waals surface area contributed by atoms with Crippen molar-refractivity contribution in [2.45, 2.75) is 26.5 Å². The quantitative estimate of drug-likeness (QED) is 0.188. The van der Waals surface area contributed by atoms with Gasteiger partial charge in [-0.15, -0.1) is 10.2 Å². The average Bonchev–Trinajstić information content (AvgIpc) is 3.48. The predicted molar refractivity (Wildman–Crippen MR) is 146 cm³/mol. The highest BCUT2D eigenvalue weighted by Crippen LogP contribution is 2.44. The van der Waals surface area contributed by atoms with E-state index in [0.717, 1.165) is 22.5 Å². The predicted octanol–water partition coefficient (Wildman–Crippen LogP) is 5.07. The average molecular weight is 544 g/mol. The van der Waals surface area contributed by atoms with Crippen molar-refractivity contribution in [3.8, 4) is 17.2 Å². The lowest BCUT2D eigenvalue weighted by atomic mass is 9.95. The van der Waals surface area contributed by atoms with E-state index in [9.17, 15) is 19.8 Å². The molecule has 3 aromatic carbocycles. The molecule has 0 spiro atoms. The fourth-order valence-electron chi connectivity index (χ4n) is 4.39. The summed E-state index contributed by atoms with van der Waals surface area (Å²) in [5.41, 5.74) is 2.83. The summed E-state index contributed by atoms with van der Waals surface area (Å²) in [5, 5.41) is 30.3. The summed E-state index contributed by atoms with van der Waals surface area (Å²) in [5.74, 6) is -1.42. The number of hydrogen-bond donors (Lipinski definition) is 2. The fraction of sp³-hybridized carbons (Fsp3) is 0.172. The Morgan fingerprint density at radius 2 is 1.77 bits per heavy atom. The molecule has 198 valence electrons. The van der Waals surface area contributed by atoms with Crippen LogP contribution in [0.15, 0.2) is 72.3 Å². The Labute approximate surface area is 228 Å². The molecule has 1 unspecified atom stereocenters. The van der Waals surface area contributed by atoms with Gasteiger partial charge in [0, 0.05) is 5.56 Å². The molecule has 0 aliphatic carbocycles. The van der Waals surface area contributed by atoms with Gasteiger partial charge in [-0.05, 0) is 66.9 Å². The third kappa shape index (κ3) is 4.94. The molecule has 1 aromatic heterocycles. The Morgan fingerprint density at radius 1 is 1.03 bits per heavy atom. The highest BCUT2D eigenvalue weighted by atomic mass is 32.1. The molecule has 4 aromatic rings. The highest BCUT2D eigenvalue weighted by molar-refractivity contribution is 7.15. The SMILES string of the molecule is COc1cc(C2/C(=C(/O)c3ccc(OCc4ccccc4C)cc3)C(=O)C(=O)N2c2nnc(C)s2)ccc1O. The molecule has 0 saturated carbocycles. The maximum Gasteiger partial charge on any atom is 0.301 e. The second kappa shape index (κ2) is 10.6. The Bertz CT molecular complexity index is 1590. The van der Waals surface area contributed by atoms with E-state index < -0.39 is 17.7 Å². The zero-order valence-electron chi connectivity index (χ0n) is 21.4. The van der Waals surface area contributed by atoms with Crippen molar-refractivity contribution < 1.29 is 29.3 Å². The minimum Gasteiger partial charge on any atom is -0.507 e. The lowest BCUT2D eigenvalue weighted by molar-refractivity contribution is -0.132. The first-order chi connectivity index (χ1) is 18.8. The van der Waals surface area contributed by atoms with Gasteiger partial charge < -0.3 is 19.7 Å². The van der Waals surface area contributed by atoms with Crippen LogP contribution in [0.1, 0.15) is 33.3 Å². The molecule has 1 saturated heterocycles. The first kappa shape index (κ1) is 25.9. The third-order valence-electron chi connectivity index (χ3n) is 6.47. The van der Waals surface area contributed by atoms with Crippen LogP contribution in [0, 0.1) is 13.8 Å². The number of methoxy groups -OCH3 is 1. The lowest BCUT2D eigenvalue weighted by Gasteiger charge is -2.23. The molecule has 2 N–H and O–H groups in total. The molecule has 9 nitrogen and oxygen atoms in total. The largest absolute Gasteiger partial charge is 0.507 e. The molecule has 10 heteroatoms. The number of nitrogens with zero attached hydrogens (tertiary/aromatic N) is 3. The van der Waals surface area contributed by atoms with E-state index in [1.807, 2.05) is 31.2 Å². The first-order valence-corrected chi connectivity index (χ1v) is 12.9. The molecule has 1 aliphatic heterocycles. The Hall–Kier alpha value is -4.70. The molecule has 1 aliphatic rings. The van der Waals surface area contributed by atoms with E-state index in [2.05, 4.69) is 10.2 Å². The number of aliphatic hydroxyl groups excluding tert-OH is 1. The van der Waals surface area contributed by atoms with Crippen molar-refractivity contribution in [3.05, 3.63) is 99.6 Å². The number of rotatable bonds is 7. The first-order valence-electron chi connectivity index (χ1n) is 12.0. The Balaban J connectivity index is 1.53. The van der Waals surface area contributed by atoms with Crippen molar-refractivity contribution in [2.75, 3.05) is 12.0 Å². The van der Waals surface area contributed by atoms with Crippen molar-refractivity contribution in [1.29, 1.82) is 0 Å². The van der Waals surface area contributed by atoms with E-state index >= 15 is 0 Å². The molecule has 0 bridgehead atoms. The Kier molecular flexibility index (Phi) is 7.03. The van der Waals surface area contributed by atoms with Crippen LogP contribution in [-0.4, -0.2) is 39.2 Å². The van der Waals surface area contributed by atoms with E-state index in [1.165, 1.54) is 24.1 Å². The van der Waals surface area contributed by atoms with Crippen molar-refractivity contribution in [2.24, 2.45) is 0 Å². The molecule has 1 atom stereocenters. The summed E-state index contributed by atoms with van der Waals surface area (Å²) in [6.45, 7) is 4.13. The van der Waals surface area contributed by atoms with Gasteiger partial charge >= 0.3 is 5.91 Å². The minimum atomic E-state index is -1.02. The van der Waals surface area contributed by atoms with Crippen LogP contribution in [0.3, 0.4) is 0 Å². The normalized spacial score (nSPS) is 16.5. The number of aromatic hydroxyl groups is 1. The van der Waals surface area contributed by atoms with E-state index in [0.29, 0.717) is 28.5 Å². The van der Waals surface area contributed by atoms with E-state index in [-0.39, 0.29) is 28.0 Å². The maximum absolute atomic E-state index is 13.3. The zero-order chi connectivity index (χ0) is 27.7. The molecule has 1 fully saturated rings. The summed E-state index contributed by atoms with van der Waals surface area (Å²) in [4.78, 5) is 27.8. The molecule has 0 radical (unpaired) electrons. The number of carbonyl (C=O) groups is 2. The number of aryl methyl sites for hydroxylation is 2. The van der Waals surface area contributed by atoms with Gasteiger partial charge in [0.05, 0.1) is 18.7 Å². The number of hydrogen-bond acceptors (Lipinski definition) is 9. The number of aliphatic hydroxyl groups is 1. The summed E-state index contributed by atoms with van der Waals surface area (Å²) < 4.78 is 11.1. The van der Waals surface area contributed by atoms with Gasteiger partial charge in [-0.2, -0.15) is 0 Å². The fourth-order valence-corrected chi connectivity index (χ4v) is 5.10. The van der Waals surface area contributed by atoms with Gasteiger partial charge in [-0.1, -0.05) is 41.7 Å². The van der Waals surface area contributed by atoms with Crippen molar-refractivity contribution in [1.82, 2.24) is 10.2 Å². The van der Waals surface area contributed by atoms with Crippen molar-refractivity contribution in [3.63, 3.8) is 0 Å². The second-order valence-corrected chi connectivity index (χ2v) is 10.1. The van der Waals surface area contributed by atoms with E-state index in [4.69, 9.17) is 9.47 Å². The van der Waals surface area contributed by atoms with Crippen LogP contribution in [0.25, 0.3) is 5.76 Å². The molecule has 39 heavy (non-hydrogen) atoms. The number of phenols is 1. The zero-order valence-corrected chi connectivity index (χ0v) is 22.2. The van der Waals surface area contributed by atoms with E-state index in [1.54, 1.807) is 37.3 Å². The van der Waals surface area contributed by atoms with Gasteiger partial charge in [-0.25, -0.2) is 0 Å². The molecular weight excluding hydrogens is 518 g/mol. The molecule has 5 rings (SSSR count). The summed E-state index contributed by atoms with van der Waals surface area (Å²) in [6.07, 6.45) is 0. The Morgan fingerprint density at radius 3 is 2.44 bits per heavy atom. The molecular formula is C29H25N3O6S. The minimum absolute atomic E-state index is 0.105. The number of phenolic OH excluding ortho intramolecular Hbond substituents is 1. The molecule has 2 heterocycles. The smallest absolute Gasteiger partial charge is 0.301 e. The number of aromatic nitrogens is 2. The van der Waals surface area contributed by atoms with Crippen LogP contribution in [0.2, 0.25) is 0 Å². The number of carbonyl (C=O) groups excluding carboxylic acids is 2. The number of amides is 1. The van der Waals surface area contributed by atoms with Gasteiger partial charge in [0.2, 0.25) is 5.13 Å². The van der Waals surface area contributed by atoms with Crippen molar-refractivity contribution >= 4 is 33.9 Å². The lowest BCUT2D eigenvalue weighted by Crippen LogP contribution is -2.29. The summed E-state index contributed by atoms with van der Waals surface area (Å²) in [6, 6.07) is 18.0. The van der Waals surface area contributed by atoms with Crippen LogP contribution in [-0.2, 0) is 16.2 Å². The maximum atomic E-state index is 13.3. The van der Waals surface area contributed by atoms with Gasteiger partial charge in [0.15, 0.2) is 11.5 Å². The number of benzene rings is 3. The van der Waals surface area contributed by atoms with Gasteiger partial charge in [0.25, 0.3) is 5.78 Å². The van der Waals surface area contributed by atoms with Crippen LogP contribution in [0.4, 0.5) is 5.13 Å². The number of ether oxygens (including phenoxy) is 2. The summed E-state index contributed by atoms with van der Waals surface area (Å²) in [7, 11) is 1.40. The standard InChI is InChI=1S/C29H25N3O6S/c1-16-6-4-5-7-20(16)15-38-21-11-8-18(9-12-21)26(34)24-25(19-10-13-22(33)23(14-19)37-3)32(28(36)27(24)35)29-31-30-17(2)39-29/h4-14,25,33-34H,15H2,1-3H3/b26-24-. The topological polar surface area (TPSA) is 122 Å². The van der Waals surface area contributed by atoms with Crippen LogP contribution in [0.5, 0.6) is 17.2 Å². The highest BCUT2D eigenvalue weighted by Gasteiger charge is 2.48. The summed E-state index contributed by atoms with van der Waals surface area (Å²) >= 11 is 1.15. The van der Waals surface area contributed by atoms with Gasteiger partial charge in [-0.3, -0.25) is 14.5 Å². The van der Waals surface area contributed by atoms with Crippen LogP contribution >= 0.6 is 11.3 Å².